The fourth-order valence-electron chi connectivity index (χ4n) is 3.57. The molecule has 0 aliphatic rings. The number of rotatable bonds is 14. The quantitative estimate of drug-likeness (QED) is 0.167. The summed E-state index contributed by atoms with van der Waals surface area (Å²) in [5.74, 6) is 3.10. The van der Waals surface area contributed by atoms with Crippen molar-refractivity contribution in [1.29, 1.82) is 0 Å². The first kappa shape index (κ1) is 32.6. The van der Waals surface area contributed by atoms with Crippen LogP contribution in [0.2, 0.25) is 85.1 Å². The lowest BCUT2D eigenvalue weighted by molar-refractivity contribution is 0.0877. The van der Waals surface area contributed by atoms with Gasteiger partial charge >= 0.3 is 34.2 Å². The Bertz CT molecular complexity index is 635. The molecular formula is C19H48O7Si6. The van der Waals surface area contributed by atoms with Crippen molar-refractivity contribution in [2.75, 3.05) is 26.9 Å². The molecule has 1 atom stereocenters. The van der Waals surface area contributed by atoms with E-state index in [4.69, 9.17) is 30.0 Å². The van der Waals surface area contributed by atoms with Crippen LogP contribution in [0.5, 0.6) is 0 Å². The second kappa shape index (κ2) is 12.5. The van der Waals surface area contributed by atoms with Gasteiger partial charge in [0.1, 0.15) is 6.61 Å². The third-order valence-electron chi connectivity index (χ3n) is 3.40. The summed E-state index contributed by atoms with van der Waals surface area (Å²) < 4.78 is 43.1. The molecule has 0 aromatic carbocycles. The van der Waals surface area contributed by atoms with Crippen LogP contribution in [0.25, 0.3) is 0 Å². The molecule has 0 bridgehead atoms. The van der Waals surface area contributed by atoms with E-state index in [0.29, 0.717) is 19.8 Å². The summed E-state index contributed by atoms with van der Waals surface area (Å²) >= 11 is 0. The van der Waals surface area contributed by atoms with Crippen LogP contribution in [-0.4, -0.2) is 77.8 Å². The molecule has 0 aliphatic carbocycles. The van der Waals surface area contributed by atoms with E-state index in [-0.39, 0.29) is 0 Å². The van der Waals surface area contributed by atoms with Crippen molar-refractivity contribution >= 4 is 50.9 Å². The van der Waals surface area contributed by atoms with Gasteiger partial charge < -0.3 is 30.0 Å². The van der Waals surface area contributed by atoms with Gasteiger partial charge in [-0.2, -0.15) is 0 Å². The SMILES string of the molecule is COCCOCC#C[Si](C)(O[Si](C)(C)C)O[Si](C)(C)O[Si](C)(C)O[Si](C)(C)O[Si](C)(C)C. The molecule has 13 heteroatoms. The maximum absolute atomic E-state index is 6.63. The second-order valence-corrected chi connectivity index (χ2v) is 34.3. The van der Waals surface area contributed by atoms with Crippen molar-refractivity contribution in [2.45, 2.75) is 85.1 Å². The van der Waals surface area contributed by atoms with Crippen molar-refractivity contribution < 1.29 is 30.0 Å². The van der Waals surface area contributed by atoms with Crippen molar-refractivity contribution in [3.63, 3.8) is 0 Å². The minimum atomic E-state index is -2.81. The zero-order valence-electron chi connectivity index (χ0n) is 23.0. The van der Waals surface area contributed by atoms with Gasteiger partial charge in [-0.3, -0.25) is 0 Å². The molecule has 0 heterocycles. The van der Waals surface area contributed by atoms with Crippen LogP contribution in [0.15, 0.2) is 0 Å². The third-order valence-corrected chi connectivity index (χ3v) is 23.8. The average Bonchev–Trinajstić information content (AvgIpc) is 2.42. The van der Waals surface area contributed by atoms with Gasteiger partial charge in [0.2, 0.25) is 0 Å². The van der Waals surface area contributed by atoms with Gasteiger partial charge in [0, 0.05) is 7.11 Å². The highest BCUT2D eigenvalue weighted by atomic mass is 28.5. The van der Waals surface area contributed by atoms with Crippen LogP contribution in [0.1, 0.15) is 0 Å². The van der Waals surface area contributed by atoms with E-state index in [1.807, 2.05) is 6.55 Å². The third kappa shape index (κ3) is 17.1. The van der Waals surface area contributed by atoms with E-state index < -0.39 is 50.9 Å². The first-order valence-corrected chi connectivity index (χ1v) is 28.8. The first-order valence-electron chi connectivity index (χ1n) is 11.2. The van der Waals surface area contributed by atoms with Gasteiger partial charge in [-0.05, 0) is 85.1 Å². The Balaban J connectivity index is 5.41. The number of hydrogen-bond donors (Lipinski definition) is 0. The minimum Gasteiger partial charge on any atom is -0.437 e. The largest absolute Gasteiger partial charge is 0.437 e. The zero-order chi connectivity index (χ0) is 25.5. The van der Waals surface area contributed by atoms with Crippen molar-refractivity contribution in [1.82, 2.24) is 0 Å². The van der Waals surface area contributed by atoms with Gasteiger partial charge in [-0.25, -0.2) is 0 Å². The van der Waals surface area contributed by atoms with Crippen molar-refractivity contribution in [2.24, 2.45) is 0 Å². The molecule has 0 N–H and O–H groups in total. The van der Waals surface area contributed by atoms with Crippen molar-refractivity contribution in [3.8, 4) is 11.5 Å². The van der Waals surface area contributed by atoms with Crippen LogP contribution in [0, 0.1) is 11.5 Å². The van der Waals surface area contributed by atoms with E-state index in [0.717, 1.165) is 0 Å². The maximum atomic E-state index is 6.63. The standard InChI is InChI=1S/C19H48O7Si6/c1-20-17-18-21-16-15-19-32(14,23-28(5,6)7)26-31(12,13)25-30(10,11)24-29(8,9)22-27(2,3)4/h16-18H2,1-14H3. The van der Waals surface area contributed by atoms with Gasteiger partial charge in [-0.1, -0.05) is 11.5 Å². The Morgan fingerprint density at radius 1 is 0.531 bits per heavy atom. The molecule has 0 aromatic rings. The lowest BCUT2D eigenvalue weighted by Gasteiger charge is -2.42. The summed E-state index contributed by atoms with van der Waals surface area (Å²) in [6.45, 7) is 28.8. The van der Waals surface area contributed by atoms with Crippen molar-refractivity contribution in [3.05, 3.63) is 0 Å². The fraction of sp³-hybridized carbons (Fsp3) is 0.895. The van der Waals surface area contributed by atoms with Crippen LogP contribution in [0.3, 0.4) is 0 Å². The summed E-state index contributed by atoms with van der Waals surface area (Å²) in [6, 6.07) is 0. The highest BCUT2D eigenvalue weighted by Gasteiger charge is 2.47. The molecule has 1 unspecified atom stereocenters. The average molecular weight is 557 g/mol. The summed E-state index contributed by atoms with van der Waals surface area (Å²) in [5, 5.41) is 0. The predicted molar refractivity (Wildman–Crippen MR) is 147 cm³/mol. The Morgan fingerprint density at radius 2 is 0.969 bits per heavy atom. The molecule has 0 saturated heterocycles. The molecule has 0 amide bonds. The number of methoxy groups -OCH3 is 1. The summed E-state index contributed by atoms with van der Waals surface area (Å²) in [4.78, 5) is 0. The fourth-order valence-corrected chi connectivity index (χ4v) is 30.3. The molecule has 0 saturated carbocycles. The van der Waals surface area contributed by atoms with E-state index in [9.17, 15) is 0 Å². The normalized spacial score (nSPS) is 15.8. The molecule has 190 valence electrons. The summed E-state index contributed by atoms with van der Waals surface area (Å²) in [7, 11) is -12.2. The molecule has 0 spiro atoms. The Kier molecular flexibility index (Phi) is 12.7. The van der Waals surface area contributed by atoms with E-state index in [1.54, 1.807) is 7.11 Å². The summed E-state index contributed by atoms with van der Waals surface area (Å²) in [6.07, 6.45) is 0. The van der Waals surface area contributed by atoms with E-state index in [2.05, 4.69) is 90.0 Å². The van der Waals surface area contributed by atoms with Gasteiger partial charge in [-0.15, -0.1) is 0 Å². The molecule has 0 aliphatic heterocycles. The van der Waals surface area contributed by atoms with Gasteiger partial charge in [0.25, 0.3) is 0 Å². The van der Waals surface area contributed by atoms with Crippen LogP contribution in [-0.2, 0) is 30.0 Å². The summed E-state index contributed by atoms with van der Waals surface area (Å²) in [5.41, 5.74) is 3.28. The number of hydrogen-bond acceptors (Lipinski definition) is 7. The Hall–Kier alpha value is 0.581. The molecule has 0 rings (SSSR count). The maximum Gasteiger partial charge on any atom is 0.401 e. The first-order chi connectivity index (χ1) is 14.1. The Labute approximate surface area is 204 Å². The highest BCUT2D eigenvalue weighted by molar-refractivity contribution is 6.93. The number of ether oxygens (including phenoxy) is 2. The minimum absolute atomic E-state index is 0.324. The predicted octanol–water partition coefficient (Wildman–Crippen LogP) is 5.12. The lowest BCUT2D eigenvalue weighted by atomic mass is 10.7. The zero-order valence-corrected chi connectivity index (χ0v) is 29.0. The molecular weight excluding hydrogens is 509 g/mol. The van der Waals surface area contributed by atoms with E-state index in [1.165, 1.54) is 0 Å². The lowest BCUT2D eigenvalue weighted by Crippen LogP contribution is -2.60. The van der Waals surface area contributed by atoms with Gasteiger partial charge in [0.15, 0.2) is 16.6 Å². The smallest absolute Gasteiger partial charge is 0.401 e. The molecule has 0 aromatic heterocycles. The topological polar surface area (TPSA) is 64.6 Å². The van der Waals surface area contributed by atoms with Crippen LogP contribution < -0.4 is 0 Å². The molecule has 0 fully saturated rings. The monoisotopic (exact) mass is 556 g/mol. The van der Waals surface area contributed by atoms with Gasteiger partial charge in [0.05, 0.1) is 13.2 Å². The van der Waals surface area contributed by atoms with Crippen LogP contribution >= 0.6 is 0 Å². The molecule has 32 heavy (non-hydrogen) atoms. The van der Waals surface area contributed by atoms with E-state index >= 15 is 0 Å². The molecule has 0 radical (unpaired) electrons. The second-order valence-electron chi connectivity index (χ2n) is 11.2. The molecule has 7 nitrogen and oxygen atoms in total. The Morgan fingerprint density at radius 3 is 1.41 bits per heavy atom. The van der Waals surface area contributed by atoms with Crippen LogP contribution in [0.4, 0.5) is 0 Å². The highest BCUT2D eigenvalue weighted by Crippen LogP contribution is 2.27.